The number of carbonyl (C=O) groups excluding carboxylic acids is 1. The average Bonchev–Trinajstić information content (AvgIpc) is 2.94. The Hall–Kier alpha value is -1.59. The molecule has 27 heavy (non-hydrogen) atoms. The van der Waals surface area contributed by atoms with Crippen molar-refractivity contribution in [3.05, 3.63) is 29.8 Å². The van der Waals surface area contributed by atoms with Crippen LogP contribution in [0, 0.1) is 0 Å². The molecule has 5 heteroatoms. The third kappa shape index (κ3) is 5.69. The summed E-state index contributed by atoms with van der Waals surface area (Å²) in [5.74, 6) is 1.07. The van der Waals surface area contributed by atoms with Crippen LogP contribution in [0.2, 0.25) is 0 Å². The highest BCUT2D eigenvalue weighted by molar-refractivity contribution is 5.78. The lowest BCUT2D eigenvalue weighted by Crippen LogP contribution is -2.47. The van der Waals surface area contributed by atoms with Crippen LogP contribution >= 0.6 is 0 Å². The highest BCUT2D eigenvalue weighted by atomic mass is 16.5. The molecule has 1 N–H and O–H groups in total. The first-order valence-corrected chi connectivity index (χ1v) is 10.6. The third-order valence-corrected chi connectivity index (χ3v) is 6.11. The Kier molecular flexibility index (Phi) is 7.53. The Balaban J connectivity index is 1.58. The van der Waals surface area contributed by atoms with Gasteiger partial charge in [-0.25, -0.2) is 0 Å². The molecule has 2 fully saturated rings. The smallest absolute Gasteiger partial charge is 0.234 e. The molecule has 2 heterocycles. The van der Waals surface area contributed by atoms with Crippen LogP contribution in [0.25, 0.3) is 0 Å². The van der Waals surface area contributed by atoms with Crippen LogP contribution in [0.1, 0.15) is 57.1 Å². The van der Waals surface area contributed by atoms with Crippen LogP contribution in [-0.2, 0) is 4.79 Å². The van der Waals surface area contributed by atoms with Gasteiger partial charge in [-0.3, -0.25) is 9.69 Å². The highest BCUT2D eigenvalue weighted by Crippen LogP contribution is 2.30. The first-order chi connectivity index (χ1) is 13.2. The topological polar surface area (TPSA) is 44.8 Å². The fourth-order valence-corrected chi connectivity index (χ4v) is 4.41. The molecule has 0 saturated carbocycles. The number of nitrogens with one attached hydrogen (secondary N) is 1. The van der Waals surface area contributed by atoms with Crippen molar-refractivity contribution in [2.24, 2.45) is 0 Å². The number of benzene rings is 1. The quantitative estimate of drug-likeness (QED) is 0.832. The minimum Gasteiger partial charge on any atom is -0.497 e. The van der Waals surface area contributed by atoms with Gasteiger partial charge in [-0.1, -0.05) is 31.9 Å². The molecule has 2 saturated heterocycles. The van der Waals surface area contributed by atoms with Gasteiger partial charge >= 0.3 is 0 Å². The Bertz CT molecular complexity index is 582. The Morgan fingerprint density at radius 2 is 1.81 bits per heavy atom. The van der Waals surface area contributed by atoms with E-state index in [1.807, 2.05) is 12.1 Å². The van der Waals surface area contributed by atoms with Gasteiger partial charge in [0.05, 0.1) is 13.7 Å². The van der Waals surface area contributed by atoms with Crippen molar-refractivity contribution < 1.29 is 9.53 Å². The summed E-state index contributed by atoms with van der Waals surface area (Å²) in [7, 11) is 1.70. The number of hydrogen-bond donors (Lipinski definition) is 1. The van der Waals surface area contributed by atoms with Crippen molar-refractivity contribution in [3.63, 3.8) is 0 Å². The SMILES string of the molecule is CCN1CCC(NC(=O)CN2CCCCCC2c2ccc(OC)cc2)CC1. The van der Waals surface area contributed by atoms with Crippen molar-refractivity contribution in [1.82, 2.24) is 15.1 Å². The lowest BCUT2D eigenvalue weighted by Gasteiger charge is -2.33. The molecule has 150 valence electrons. The lowest BCUT2D eigenvalue weighted by atomic mass is 10.0. The van der Waals surface area contributed by atoms with E-state index >= 15 is 0 Å². The summed E-state index contributed by atoms with van der Waals surface area (Å²) < 4.78 is 5.29. The van der Waals surface area contributed by atoms with Gasteiger partial charge in [0.15, 0.2) is 0 Å². The second kappa shape index (κ2) is 10.1. The molecule has 1 aromatic rings. The van der Waals surface area contributed by atoms with Gasteiger partial charge in [0.25, 0.3) is 0 Å². The number of likely N-dealkylation sites (tertiary alicyclic amines) is 2. The molecule has 5 nitrogen and oxygen atoms in total. The Morgan fingerprint density at radius 3 is 2.48 bits per heavy atom. The summed E-state index contributed by atoms with van der Waals surface area (Å²) in [5.41, 5.74) is 1.29. The first kappa shape index (κ1) is 20.2. The van der Waals surface area contributed by atoms with Crippen LogP contribution in [0.4, 0.5) is 0 Å². The standard InChI is InChI=1S/C22H35N3O2/c1-3-24-15-12-19(13-16-24)23-22(26)17-25-14-6-4-5-7-21(25)18-8-10-20(27-2)11-9-18/h8-11,19,21H,3-7,12-17H2,1-2H3,(H,23,26). The van der Waals surface area contributed by atoms with E-state index in [-0.39, 0.29) is 5.91 Å². The zero-order chi connectivity index (χ0) is 19.1. The van der Waals surface area contributed by atoms with E-state index in [4.69, 9.17) is 4.74 Å². The molecule has 1 amide bonds. The maximum absolute atomic E-state index is 12.7. The van der Waals surface area contributed by atoms with Gasteiger partial charge in [-0.05, 0) is 56.5 Å². The molecule has 0 aliphatic carbocycles. The van der Waals surface area contributed by atoms with E-state index in [0.29, 0.717) is 18.6 Å². The Morgan fingerprint density at radius 1 is 1.07 bits per heavy atom. The van der Waals surface area contributed by atoms with Crippen molar-refractivity contribution >= 4 is 5.91 Å². The van der Waals surface area contributed by atoms with Crippen molar-refractivity contribution in [3.8, 4) is 5.75 Å². The monoisotopic (exact) mass is 373 g/mol. The molecular formula is C22H35N3O2. The van der Waals surface area contributed by atoms with Crippen molar-refractivity contribution in [2.45, 2.75) is 57.5 Å². The van der Waals surface area contributed by atoms with Gasteiger partial charge in [0.1, 0.15) is 5.75 Å². The van der Waals surface area contributed by atoms with Crippen molar-refractivity contribution in [1.29, 1.82) is 0 Å². The van der Waals surface area contributed by atoms with E-state index < -0.39 is 0 Å². The minimum absolute atomic E-state index is 0.186. The van der Waals surface area contributed by atoms with Crippen LogP contribution in [0.3, 0.4) is 0 Å². The summed E-state index contributed by atoms with van der Waals surface area (Å²) in [6.07, 6.45) is 6.91. The first-order valence-electron chi connectivity index (χ1n) is 10.6. The molecule has 0 radical (unpaired) electrons. The number of rotatable bonds is 6. The van der Waals surface area contributed by atoms with Crippen molar-refractivity contribution in [2.75, 3.05) is 39.8 Å². The number of amides is 1. The largest absolute Gasteiger partial charge is 0.497 e. The summed E-state index contributed by atoms with van der Waals surface area (Å²) in [6.45, 7) is 7.01. The van der Waals surface area contributed by atoms with Crippen LogP contribution in [-0.4, -0.2) is 61.6 Å². The zero-order valence-corrected chi connectivity index (χ0v) is 17.0. The summed E-state index contributed by atoms with van der Waals surface area (Å²) in [5, 5.41) is 3.29. The van der Waals surface area contributed by atoms with E-state index in [9.17, 15) is 4.79 Å². The van der Waals surface area contributed by atoms with Gasteiger partial charge < -0.3 is 15.0 Å². The number of piperidine rings is 1. The van der Waals surface area contributed by atoms with E-state index in [0.717, 1.165) is 51.2 Å². The lowest BCUT2D eigenvalue weighted by molar-refractivity contribution is -0.123. The molecule has 3 rings (SSSR count). The second-order valence-electron chi connectivity index (χ2n) is 7.88. The van der Waals surface area contributed by atoms with E-state index in [2.05, 4.69) is 34.2 Å². The van der Waals surface area contributed by atoms with Gasteiger partial charge in [-0.2, -0.15) is 0 Å². The normalized spacial score (nSPS) is 23.0. The van der Waals surface area contributed by atoms with Crippen LogP contribution in [0.15, 0.2) is 24.3 Å². The van der Waals surface area contributed by atoms with E-state index in [1.165, 1.54) is 24.8 Å². The minimum atomic E-state index is 0.186. The molecule has 1 aromatic carbocycles. The third-order valence-electron chi connectivity index (χ3n) is 6.11. The number of nitrogens with zero attached hydrogens (tertiary/aromatic N) is 2. The maximum Gasteiger partial charge on any atom is 0.234 e. The number of ether oxygens (including phenoxy) is 1. The maximum atomic E-state index is 12.7. The average molecular weight is 374 g/mol. The molecule has 1 atom stereocenters. The van der Waals surface area contributed by atoms with Crippen LogP contribution < -0.4 is 10.1 Å². The number of carbonyl (C=O) groups is 1. The fourth-order valence-electron chi connectivity index (χ4n) is 4.41. The predicted octanol–water partition coefficient (Wildman–Crippen LogP) is 3.21. The summed E-state index contributed by atoms with van der Waals surface area (Å²) >= 11 is 0. The molecule has 0 aromatic heterocycles. The predicted molar refractivity (Wildman–Crippen MR) is 109 cm³/mol. The molecule has 0 bridgehead atoms. The summed E-state index contributed by atoms with van der Waals surface area (Å²) in [4.78, 5) is 17.6. The number of methoxy groups -OCH3 is 1. The summed E-state index contributed by atoms with van der Waals surface area (Å²) in [6, 6.07) is 9.03. The molecular weight excluding hydrogens is 338 g/mol. The molecule has 2 aliphatic rings. The van der Waals surface area contributed by atoms with Gasteiger partial charge in [0.2, 0.25) is 5.91 Å². The van der Waals surface area contributed by atoms with Gasteiger partial charge in [-0.15, -0.1) is 0 Å². The highest BCUT2D eigenvalue weighted by Gasteiger charge is 2.26. The van der Waals surface area contributed by atoms with E-state index in [1.54, 1.807) is 7.11 Å². The number of hydrogen-bond acceptors (Lipinski definition) is 4. The molecule has 1 unspecified atom stereocenters. The van der Waals surface area contributed by atoms with Crippen LogP contribution in [0.5, 0.6) is 5.75 Å². The second-order valence-corrected chi connectivity index (χ2v) is 7.88. The molecule has 0 spiro atoms. The molecule has 2 aliphatic heterocycles. The zero-order valence-electron chi connectivity index (χ0n) is 17.0. The van der Waals surface area contributed by atoms with Gasteiger partial charge in [0, 0.05) is 25.2 Å². The fraction of sp³-hybridized carbons (Fsp3) is 0.682. The Labute approximate surface area is 164 Å².